The summed E-state index contributed by atoms with van der Waals surface area (Å²) in [6.45, 7) is -0.446. The lowest BCUT2D eigenvalue weighted by Crippen LogP contribution is -2.14. The van der Waals surface area contributed by atoms with E-state index < -0.39 is 11.1 Å². The largest absolute Gasteiger partial charge is 0.457 e. The van der Waals surface area contributed by atoms with Gasteiger partial charge < -0.3 is 9.84 Å². The maximum atomic E-state index is 10.1. The summed E-state index contributed by atoms with van der Waals surface area (Å²) in [5, 5.41) is 7.13. The summed E-state index contributed by atoms with van der Waals surface area (Å²) in [7, 11) is 0. The van der Waals surface area contributed by atoms with E-state index in [2.05, 4.69) is 17.4 Å². The summed E-state index contributed by atoms with van der Waals surface area (Å²) in [6.07, 6.45) is 0. The molecule has 0 saturated carbocycles. The first kappa shape index (κ1) is 8.45. The van der Waals surface area contributed by atoms with Crippen LogP contribution in [0.2, 0.25) is 0 Å². The van der Waals surface area contributed by atoms with Crippen molar-refractivity contribution in [1.82, 2.24) is 0 Å². The first-order valence-corrected chi connectivity index (χ1v) is 2.64. The molecule has 4 nitrogen and oxygen atoms in total. The Morgan fingerprint density at radius 2 is 2.11 bits per heavy atom. The van der Waals surface area contributed by atoms with Crippen LogP contribution in [0.15, 0.2) is 0 Å². The zero-order chi connectivity index (χ0) is 7.28. The highest BCUT2D eigenvalue weighted by Crippen LogP contribution is 1.83. The van der Waals surface area contributed by atoms with E-state index in [1.807, 2.05) is 0 Å². The lowest BCUT2D eigenvalue weighted by molar-refractivity contribution is -0.150. The van der Waals surface area contributed by atoms with E-state index >= 15 is 0 Å². The van der Waals surface area contributed by atoms with Crippen LogP contribution < -0.4 is 0 Å². The quantitative estimate of drug-likeness (QED) is 0.307. The van der Waals surface area contributed by atoms with Gasteiger partial charge in [-0.15, -0.1) is 0 Å². The van der Waals surface area contributed by atoms with Gasteiger partial charge in [0.1, 0.15) is 6.61 Å². The highest BCUT2D eigenvalue weighted by atomic mass is 32.1. The second-order valence-corrected chi connectivity index (χ2v) is 1.57. The van der Waals surface area contributed by atoms with Gasteiger partial charge in [-0.1, -0.05) is 12.6 Å². The Labute approximate surface area is 57.2 Å². The first-order valence-electron chi connectivity index (χ1n) is 2.19. The summed E-state index contributed by atoms with van der Waals surface area (Å²) in [5.74, 6) is -1.03. The molecule has 1 N–H and O–H groups in total. The van der Waals surface area contributed by atoms with Gasteiger partial charge in [0, 0.05) is 0 Å². The normalized spacial score (nSPS) is 8.67. The molecule has 0 rings (SSSR count). The van der Waals surface area contributed by atoms with Crippen molar-refractivity contribution in [3.05, 3.63) is 0 Å². The number of rotatable bonds is 3. The summed E-state index contributed by atoms with van der Waals surface area (Å²) in [5.41, 5.74) is 0. The van der Waals surface area contributed by atoms with Gasteiger partial charge in [0.25, 0.3) is 5.12 Å². The van der Waals surface area contributed by atoms with Crippen LogP contribution in [-0.4, -0.2) is 29.4 Å². The average molecular weight is 150 g/mol. The zero-order valence-electron chi connectivity index (χ0n) is 4.53. The Hall–Kier alpha value is -0.550. The maximum Gasteiger partial charge on any atom is 0.385 e. The predicted molar refractivity (Wildman–Crippen MR) is 32.0 cm³/mol. The summed E-state index contributed by atoms with van der Waals surface area (Å²) in [4.78, 5) is 20.1. The number of aliphatic hydroxyl groups excluding tert-OH is 1. The fraction of sp³-hybridized carbons (Fsp3) is 0.500. The van der Waals surface area contributed by atoms with E-state index in [1.54, 1.807) is 0 Å². The van der Waals surface area contributed by atoms with Crippen molar-refractivity contribution in [3.63, 3.8) is 0 Å². The summed E-state index contributed by atoms with van der Waals surface area (Å²) in [6, 6.07) is 0. The van der Waals surface area contributed by atoms with Crippen LogP contribution in [0, 0.1) is 0 Å². The van der Waals surface area contributed by atoms with Gasteiger partial charge in [0.2, 0.25) is 0 Å². The molecule has 0 unspecified atom stereocenters. The van der Waals surface area contributed by atoms with Gasteiger partial charge >= 0.3 is 5.97 Å². The van der Waals surface area contributed by atoms with Gasteiger partial charge in [-0.25, -0.2) is 4.79 Å². The number of hydrogen-bond donors (Lipinski definition) is 2. The molecule has 0 saturated heterocycles. The third-order valence-corrected chi connectivity index (χ3v) is 0.682. The Kier molecular flexibility index (Phi) is 4.08. The number of aliphatic hydroxyl groups is 1. The standard InChI is InChI=1S/C4H6O4S/c5-1-2-8-3(6)4(7)9/h5H,1-2H2,(H,7,9). The number of carbonyl (C=O) groups is 2. The minimum atomic E-state index is -1.03. The molecule has 5 heteroatoms. The predicted octanol–water partition coefficient (Wildman–Crippen LogP) is -1.02. The fourth-order valence-electron chi connectivity index (χ4n) is 0.200. The van der Waals surface area contributed by atoms with E-state index in [-0.39, 0.29) is 13.2 Å². The Balaban J connectivity index is 3.39. The van der Waals surface area contributed by atoms with Crippen molar-refractivity contribution in [2.24, 2.45) is 0 Å². The number of hydrogen-bond acceptors (Lipinski definition) is 4. The van der Waals surface area contributed by atoms with Crippen molar-refractivity contribution in [1.29, 1.82) is 0 Å². The molecule has 0 aromatic carbocycles. The van der Waals surface area contributed by atoms with Gasteiger partial charge in [-0.2, -0.15) is 0 Å². The number of esters is 1. The van der Waals surface area contributed by atoms with E-state index in [1.165, 1.54) is 0 Å². The molecular weight excluding hydrogens is 144 g/mol. The maximum absolute atomic E-state index is 10.1. The minimum absolute atomic E-state index is 0.162. The molecular formula is C4H6O4S. The molecule has 0 aliphatic rings. The van der Waals surface area contributed by atoms with Crippen LogP contribution in [-0.2, 0) is 14.3 Å². The second-order valence-electron chi connectivity index (χ2n) is 1.16. The molecule has 9 heavy (non-hydrogen) atoms. The van der Waals surface area contributed by atoms with Crippen molar-refractivity contribution < 1.29 is 19.4 Å². The van der Waals surface area contributed by atoms with E-state index in [9.17, 15) is 9.59 Å². The summed E-state index contributed by atoms with van der Waals surface area (Å²) < 4.78 is 4.14. The van der Waals surface area contributed by atoms with E-state index in [0.717, 1.165) is 0 Å². The van der Waals surface area contributed by atoms with Gasteiger partial charge in [-0.3, -0.25) is 4.79 Å². The Bertz CT molecular complexity index is 122. The Morgan fingerprint density at radius 3 is 2.44 bits per heavy atom. The Morgan fingerprint density at radius 1 is 1.56 bits per heavy atom. The molecule has 52 valence electrons. The monoisotopic (exact) mass is 150 g/mol. The van der Waals surface area contributed by atoms with Crippen molar-refractivity contribution in [2.75, 3.05) is 13.2 Å². The van der Waals surface area contributed by atoms with Crippen molar-refractivity contribution >= 4 is 23.7 Å². The molecule has 0 bridgehead atoms. The number of ether oxygens (including phenoxy) is 1. The molecule has 0 heterocycles. The molecule has 0 aliphatic heterocycles. The highest BCUT2D eigenvalue weighted by Gasteiger charge is 2.08. The SMILES string of the molecule is O=C(S)C(=O)OCCO. The fourth-order valence-corrected chi connectivity index (χ4v) is 0.265. The molecule has 0 fully saturated rings. The first-order chi connectivity index (χ1) is 4.18. The number of thiol groups is 1. The lowest BCUT2D eigenvalue weighted by Gasteiger charge is -1.95. The van der Waals surface area contributed by atoms with Gasteiger partial charge in [0.05, 0.1) is 6.61 Å². The second kappa shape index (κ2) is 4.34. The molecule has 0 aromatic heterocycles. The smallest absolute Gasteiger partial charge is 0.385 e. The van der Waals surface area contributed by atoms with Crippen molar-refractivity contribution in [3.8, 4) is 0 Å². The third kappa shape index (κ3) is 3.99. The van der Waals surface area contributed by atoms with Crippen LogP contribution in [0.1, 0.15) is 0 Å². The van der Waals surface area contributed by atoms with Crippen molar-refractivity contribution in [2.45, 2.75) is 0 Å². The van der Waals surface area contributed by atoms with Crippen LogP contribution in [0.4, 0.5) is 0 Å². The van der Waals surface area contributed by atoms with Gasteiger partial charge in [0.15, 0.2) is 0 Å². The van der Waals surface area contributed by atoms with Crippen LogP contribution in [0.25, 0.3) is 0 Å². The van der Waals surface area contributed by atoms with E-state index in [0.29, 0.717) is 0 Å². The molecule has 0 spiro atoms. The molecule has 0 aliphatic carbocycles. The van der Waals surface area contributed by atoms with Crippen LogP contribution >= 0.6 is 12.6 Å². The average Bonchev–Trinajstić information content (AvgIpc) is 1.82. The van der Waals surface area contributed by atoms with Crippen LogP contribution in [0.5, 0.6) is 0 Å². The van der Waals surface area contributed by atoms with E-state index in [4.69, 9.17) is 5.11 Å². The highest BCUT2D eigenvalue weighted by molar-refractivity contribution is 7.98. The lowest BCUT2D eigenvalue weighted by atomic mass is 10.7. The summed E-state index contributed by atoms with van der Waals surface area (Å²) >= 11 is 3.17. The molecule has 0 atom stereocenters. The number of carbonyl (C=O) groups excluding carboxylic acids is 2. The minimum Gasteiger partial charge on any atom is -0.457 e. The van der Waals surface area contributed by atoms with Gasteiger partial charge in [-0.05, 0) is 0 Å². The van der Waals surface area contributed by atoms with Crippen LogP contribution in [0.3, 0.4) is 0 Å². The zero-order valence-corrected chi connectivity index (χ0v) is 5.43. The molecule has 0 amide bonds. The molecule has 0 radical (unpaired) electrons. The topological polar surface area (TPSA) is 63.6 Å². The third-order valence-electron chi connectivity index (χ3n) is 0.499. The molecule has 0 aromatic rings.